The lowest BCUT2D eigenvalue weighted by atomic mass is 9.69. The predicted octanol–water partition coefficient (Wildman–Crippen LogP) is 5.08. The van der Waals surface area contributed by atoms with Crippen LogP contribution in [0.4, 0.5) is 0 Å². The molecule has 2 aromatic rings. The van der Waals surface area contributed by atoms with Gasteiger partial charge in [0.2, 0.25) is 0 Å². The average Bonchev–Trinajstić information content (AvgIpc) is 2.80. The first kappa shape index (κ1) is 24.6. The van der Waals surface area contributed by atoms with E-state index in [1.807, 2.05) is 30.3 Å². The van der Waals surface area contributed by atoms with Gasteiger partial charge in [0, 0.05) is 12.6 Å². The minimum atomic E-state index is -0.585. The van der Waals surface area contributed by atoms with Crippen LogP contribution in [0, 0.1) is 17.2 Å². The van der Waals surface area contributed by atoms with Crippen molar-refractivity contribution in [1.29, 1.82) is 5.26 Å². The lowest BCUT2D eigenvalue weighted by Gasteiger charge is -2.32. The summed E-state index contributed by atoms with van der Waals surface area (Å²) in [6.45, 7) is 6.14. The predicted molar refractivity (Wildman–Crippen MR) is 125 cm³/mol. The minimum absolute atomic E-state index is 0.166. The Bertz CT molecular complexity index is 836. The molecule has 0 N–H and O–H groups in total. The third kappa shape index (κ3) is 6.38. The lowest BCUT2D eigenvalue weighted by Crippen LogP contribution is -2.32. The summed E-state index contributed by atoms with van der Waals surface area (Å²) < 4.78 is 16.1. The van der Waals surface area contributed by atoms with Crippen LogP contribution < -0.4 is 14.2 Å². The Morgan fingerprint density at radius 2 is 1.48 bits per heavy atom. The van der Waals surface area contributed by atoms with E-state index in [2.05, 4.69) is 44.0 Å². The van der Waals surface area contributed by atoms with Crippen molar-refractivity contribution in [3.63, 3.8) is 0 Å². The molecule has 31 heavy (non-hydrogen) atoms. The molecule has 2 aromatic carbocycles. The molecule has 0 saturated carbocycles. The fraction of sp³-hybridized carbons (Fsp3) is 0.500. The molecule has 0 saturated heterocycles. The van der Waals surface area contributed by atoms with Crippen LogP contribution in [-0.2, 0) is 11.8 Å². The molecular formula is C26H36N2O3. The van der Waals surface area contributed by atoms with Crippen LogP contribution in [0.5, 0.6) is 17.2 Å². The first-order valence-corrected chi connectivity index (χ1v) is 10.8. The number of ether oxygens (including phenoxy) is 3. The standard InChI is InChI=1S/C26H36N2O3/c1-20(2)26(19-27,22-16-24(30-5)18-25(17-22)31-6)13-7-14-28(3)15-12-21-8-10-23(29-4)11-9-21/h8-11,16-18,20H,7,12-15H2,1-6H3. The van der Waals surface area contributed by atoms with E-state index in [0.717, 1.165) is 43.7 Å². The van der Waals surface area contributed by atoms with Gasteiger partial charge in [0.1, 0.15) is 17.2 Å². The van der Waals surface area contributed by atoms with Crippen LogP contribution in [0.1, 0.15) is 37.8 Å². The number of hydrogen-bond donors (Lipinski definition) is 0. The Hall–Kier alpha value is -2.71. The highest BCUT2D eigenvalue weighted by Gasteiger charge is 2.36. The van der Waals surface area contributed by atoms with Crippen molar-refractivity contribution in [2.45, 2.75) is 38.5 Å². The molecule has 2 rings (SSSR count). The Labute approximate surface area is 187 Å². The van der Waals surface area contributed by atoms with Crippen molar-refractivity contribution in [3.05, 3.63) is 53.6 Å². The number of rotatable bonds is 12. The minimum Gasteiger partial charge on any atom is -0.497 e. The maximum atomic E-state index is 10.2. The molecule has 0 radical (unpaired) electrons. The Kier molecular flexibility index (Phi) is 9.21. The number of benzene rings is 2. The van der Waals surface area contributed by atoms with Crippen molar-refractivity contribution in [3.8, 4) is 23.3 Å². The first-order valence-electron chi connectivity index (χ1n) is 10.8. The van der Waals surface area contributed by atoms with Gasteiger partial charge >= 0.3 is 0 Å². The molecule has 0 aromatic heterocycles. The zero-order valence-electron chi connectivity index (χ0n) is 19.8. The number of nitriles is 1. The second-order valence-electron chi connectivity index (χ2n) is 8.34. The zero-order valence-corrected chi connectivity index (χ0v) is 19.8. The van der Waals surface area contributed by atoms with E-state index in [9.17, 15) is 5.26 Å². The van der Waals surface area contributed by atoms with E-state index in [4.69, 9.17) is 14.2 Å². The van der Waals surface area contributed by atoms with Crippen LogP contribution in [0.2, 0.25) is 0 Å². The number of nitrogens with zero attached hydrogens (tertiary/aromatic N) is 2. The SMILES string of the molecule is COc1ccc(CCN(C)CCCC(C#N)(c2cc(OC)cc(OC)c2)C(C)C)cc1. The van der Waals surface area contributed by atoms with E-state index < -0.39 is 5.41 Å². The van der Waals surface area contributed by atoms with Crippen LogP contribution in [0.15, 0.2) is 42.5 Å². The van der Waals surface area contributed by atoms with Gasteiger partial charge in [-0.2, -0.15) is 5.26 Å². The average molecular weight is 425 g/mol. The second-order valence-corrected chi connectivity index (χ2v) is 8.34. The molecule has 0 aliphatic rings. The largest absolute Gasteiger partial charge is 0.497 e. The molecule has 0 bridgehead atoms. The third-order valence-corrected chi connectivity index (χ3v) is 6.10. The Morgan fingerprint density at radius 3 is 1.97 bits per heavy atom. The summed E-state index contributed by atoms with van der Waals surface area (Å²) >= 11 is 0. The van der Waals surface area contributed by atoms with Crippen molar-refractivity contribution in [2.24, 2.45) is 5.92 Å². The van der Waals surface area contributed by atoms with Crippen LogP contribution in [0.25, 0.3) is 0 Å². The van der Waals surface area contributed by atoms with Gasteiger partial charge in [-0.1, -0.05) is 26.0 Å². The first-order chi connectivity index (χ1) is 14.9. The van der Waals surface area contributed by atoms with Crippen LogP contribution in [-0.4, -0.2) is 46.4 Å². The smallest absolute Gasteiger partial charge is 0.122 e. The molecule has 0 fully saturated rings. The van der Waals surface area contributed by atoms with Crippen LogP contribution >= 0.6 is 0 Å². The third-order valence-electron chi connectivity index (χ3n) is 6.10. The Balaban J connectivity index is 2.02. The molecule has 168 valence electrons. The van der Waals surface area contributed by atoms with Gasteiger partial charge in [0.15, 0.2) is 0 Å². The van der Waals surface area contributed by atoms with Gasteiger partial charge in [-0.15, -0.1) is 0 Å². The molecule has 0 aliphatic heterocycles. The normalized spacial score (nSPS) is 13.0. The fourth-order valence-corrected chi connectivity index (χ4v) is 3.93. The summed E-state index contributed by atoms with van der Waals surface area (Å²) in [4.78, 5) is 2.33. The number of methoxy groups -OCH3 is 3. The topological polar surface area (TPSA) is 54.7 Å². The van der Waals surface area contributed by atoms with Gasteiger partial charge in [-0.3, -0.25) is 0 Å². The highest BCUT2D eigenvalue weighted by molar-refractivity contribution is 5.45. The zero-order chi connectivity index (χ0) is 22.9. The monoisotopic (exact) mass is 424 g/mol. The summed E-state index contributed by atoms with van der Waals surface area (Å²) in [5.41, 5.74) is 1.67. The van der Waals surface area contributed by atoms with Gasteiger partial charge in [0.05, 0.1) is 32.8 Å². The summed E-state index contributed by atoms with van der Waals surface area (Å²) in [6, 6.07) is 16.7. The molecular weight excluding hydrogens is 388 g/mol. The van der Waals surface area contributed by atoms with E-state index in [1.165, 1.54) is 5.56 Å². The molecule has 1 unspecified atom stereocenters. The van der Waals surface area contributed by atoms with E-state index in [-0.39, 0.29) is 5.92 Å². The summed E-state index contributed by atoms with van der Waals surface area (Å²) in [5, 5.41) is 10.2. The van der Waals surface area contributed by atoms with Crippen molar-refractivity contribution >= 4 is 0 Å². The van der Waals surface area contributed by atoms with Gasteiger partial charge in [-0.25, -0.2) is 0 Å². The highest BCUT2D eigenvalue weighted by atomic mass is 16.5. The number of likely N-dealkylation sites (N-methyl/N-ethyl adjacent to an activating group) is 1. The molecule has 0 amide bonds. The van der Waals surface area contributed by atoms with Crippen molar-refractivity contribution in [2.75, 3.05) is 41.5 Å². The molecule has 0 heterocycles. The van der Waals surface area contributed by atoms with Gasteiger partial charge in [0.25, 0.3) is 0 Å². The quantitative estimate of drug-likeness (QED) is 0.475. The van der Waals surface area contributed by atoms with Crippen molar-refractivity contribution < 1.29 is 14.2 Å². The molecule has 5 heteroatoms. The number of hydrogen-bond acceptors (Lipinski definition) is 5. The van der Waals surface area contributed by atoms with Crippen LogP contribution in [0.3, 0.4) is 0 Å². The second kappa shape index (κ2) is 11.6. The molecule has 1 atom stereocenters. The summed E-state index contributed by atoms with van der Waals surface area (Å²) in [5.74, 6) is 2.48. The summed E-state index contributed by atoms with van der Waals surface area (Å²) in [7, 11) is 7.10. The maximum absolute atomic E-state index is 10.2. The Morgan fingerprint density at radius 1 is 0.903 bits per heavy atom. The van der Waals surface area contributed by atoms with Gasteiger partial charge in [-0.05, 0) is 74.2 Å². The highest BCUT2D eigenvalue weighted by Crippen LogP contribution is 2.40. The van der Waals surface area contributed by atoms with E-state index >= 15 is 0 Å². The van der Waals surface area contributed by atoms with E-state index in [1.54, 1.807) is 21.3 Å². The lowest BCUT2D eigenvalue weighted by molar-refractivity contribution is 0.292. The summed E-state index contributed by atoms with van der Waals surface area (Å²) in [6.07, 6.45) is 2.70. The molecule has 5 nitrogen and oxygen atoms in total. The maximum Gasteiger partial charge on any atom is 0.122 e. The fourth-order valence-electron chi connectivity index (χ4n) is 3.93. The van der Waals surface area contributed by atoms with E-state index in [0.29, 0.717) is 11.5 Å². The van der Waals surface area contributed by atoms with Crippen molar-refractivity contribution in [1.82, 2.24) is 4.90 Å². The molecule has 0 spiro atoms. The van der Waals surface area contributed by atoms with Gasteiger partial charge < -0.3 is 19.1 Å². The molecule has 0 aliphatic carbocycles.